The SMILES string of the molecule is C=C/C=C\C(=C/C)C(C)c1csc(C=O)c1. The molecule has 2 heteroatoms. The maximum atomic E-state index is 10.6. The Labute approximate surface area is 101 Å². The lowest BCUT2D eigenvalue weighted by molar-refractivity contribution is 0.112. The highest BCUT2D eigenvalue weighted by Crippen LogP contribution is 2.28. The molecule has 1 heterocycles. The van der Waals surface area contributed by atoms with Gasteiger partial charge in [0.15, 0.2) is 6.29 Å². The zero-order chi connectivity index (χ0) is 12.0. The van der Waals surface area contributed by atoms with E-state index in [-0.39, 0.29) is 0 Å². The molecule has 0 saturated carbocycles. The van der Waals surface area contributed by atoms with E-state index in [4.69, 9.17) is 0 Å². The molecule has 0 spiro atoms. The van der Waals surface area contributed by atoms with Gasteiger partial charge in [0.2, 0.25) is 0 Å². The summed E-state index contributed by atoms with van der Waals surface area (Å²) in [5.41, 5.74) is 2.42. The van der Waals surface area contributed by atoms with Crippen molar-refractivity contribution in [3.63, 3.8) is 0 Å². The average Bonchev–Trinajstić information content (AvgIpc) is 2.78. The van der Waals surface area contributed by atoms with Gasteiger partial charge >= 0.3 is 0 Å². The van der Waals surface area contributed by atoms with Crippen LogP contribution in [0.1, 0.15) is 35.0 Å². The highest BCUT2D eigenvalue weighted by molar-refractivity contribution is 7.11. The summed E-state index contributed by atoms with van der Waals surface area (Å²) in [6.07, 6.45) is 8.73. The number of hydrogen-bond acceptors (Lipinski definition) is 2. The van der Waals surface area contributed by atoms with Crippen LogP contribution in [-0.4, -0.2) is 6.29 Å². The number of carbonyl (C=O) groups is 1. The molecule has 0 aliphatic heterocycles. The number of allylic oxidation sites excluding steroid dienone is 5. The average molecular weight is 232 g/mol. The van der Waals surface area contributed by atoms with E-state index >= 15 is 0 Å². The Bertz CT molecular complexity index is 424. The second-order valence-corrected chi connectivity index (χ2v) is 4.45. The van der Waals surface area contributed by atoms with E-state index in [1.165, 1.54) is 22.5 Å². The first kappa shape index (κ1) is 12.7. The van der Waals surface area contributed by atoms with E-state index in [1.54, 1.807) is 6.08 Å². The van der Waals surface area contributed by atoms with Crippen LogP contribution in [0, 0.1) is 0 Å². The number of hydrogen-bond donors (Lipinski definition) is 0. The van der Waals surface area contributed by atoms with E-state index in [0.717, 1.165) is 11.2 Å². The van der Waals surface area contributed by atoms with Gasteiger partial charge in [0.05, 0.1) is 4.88 Å². The molecule has 1 unspecified atom stereocenters. The molecule has 0 aliphatic rings. The van der Waals surface area contributed by atoms with E-state index < -0.39 is 0 Å². The number of thiophene rings is 1. The van der Waals surface area contributed by atoms with Crippen molar-refractivity contribution in [2.24, 2.45) is 0 Å². The molecule has 16 heavy (non-hydrogen) atoms. The minimum atomic E-state index is 0.311. The van der Waals surface area contributed by atoms with E-state index in [2.05, 4.69) is 25.7 Å². The Balaban J connectivity index is 2.90. The summed E-state index contributed by atoms with van der Waals surface area (Å²) in [6.45, 7) is 7.82. The lowest BCUT2D eigenvalue weighted by Crippen LogP contribution is -1.93. The first-order valence-corrected chi connectivity index (χ1v) is 6.09. The lowest BCUT2D eigenvalue weighted by Gasteiger charge is -2.10. The molecule has 0 saturated heterocycles. The van der Waals surface area contributed by atoms with Crippen molar-refractivity contribution in [1.82, 2.24) is 0 Å². The van der Waals surface area contributed by atoms with Crippen molar-refractivity contribution >= 4 is 17.6 Å². The van der Waals surface area contributed by atoms with Crippen LogP contribution in [0.15, 0.2) is 47.9 Å². The minimum absolute atomic E-state index is 0.311. The van der Waals surface area contributed by atoms with Crippen LogP contribution in [0.3, 0.4) is 0 Å². The molecular formula is C14H16OS. The van der Waals surface area contributed by atoms with Crippen LogP contribution in [0.2, 0.25) is 0 Å². The second kappa shape index (κ2) is 6.23. The Morgan fingerprint density at radius 3 is 2.81 bits per heavy atom. The Morgan fingerprint density at radius 2 is 2.31 bits per heavy atom. The predicted molar refractivity (Wildman–Crippen MR) is 71.2 cm³/mol. The van der Waals surface area contributed by atoms with E-state index in [9.17, 15) is 4.79 Å². The number of rotatable bonds is 5. The van der Waals surface area contributed by atoms with Gasteiger partial charge in [-0.05, 0) is 29.5 Å². The molecule has 0 aromatic carbocycles. The summed E-state index contributed by atoms with van der Waals surface area (Å²) in [6, 6.07) is 1.95. The van der Waals surface area contributed by atoms with E-state index in [0.29, 0.717) is 5.92 Å². The lowest BCUT2D eigenvalue weighted by atomic mass is 9.94. The number of carbonyl (C=O) groups excluding carboxylic acids is 1. The molecule has 0 aliphatic carbocycles. The van der Waals surface area contributed by atoms with Gasteiger partial charge in [-0.1, -0.05) is 37.8 Å². The first-order valence-electron chi connectivity index (χ1n) is 5.21. The van der Waals surface area contributed by atoms with Crippen LogP contribution in [0.25, 0.3) is 0 Å². The van der Waals surface area contributed by atoms with Gasteiger partial charge in [-0.15, -0.1) is 11.3 Å². The Hall–Kier alpha value is -1.41. The van der Waals surface area contributed by atoms with Crippen molar-refractivity contribution in [2.75, 3.05) is 0 Å². The second-order valence-electron chi connectivity index (χ2n) is 3.51. The summed E-state index contributed by atoms with van der Waals surface area (Å²) >= 11 is 1.49. The van der Waals surface area contributed by atoms with Crippen molar-refractivity contribution in [3.05, 3.63) is 58.3 Å². The zero-order valence-corrected chi connectivity index (χ0v) is 10.5. The largest absolute Gasteiger partial charge is 0.297 e. The van der Waals surface area contributed by atoms with Gasteiger partial charge in [0.1, 0.15) is 0 Å². The maximum absolute atomic E-state index is 10.6. The van der Waals surface area contributed by atoms with Crippen molar-refractivity contribution in [1.29, 1.82) is 0 Å². The van der Waals surface area contributed by atoms with Crippen LogP contribution in [0.4, 0.5) is 0 Å². The summed E-state index contributed by atoms with van der Waals surface area (Å²) < 4.78 is 0. The van der Waals surface area contributed by atoms with Crippen LogP contribution >= 0.6 is 11.3 Å². The highest BCUT2D eigenvalue weighted by atomic mass is 32.1. The van der Waals surface area contributed by atoms with Crippen molar-refractivity contribution in [3.8, 4) is 0 Å². The molecule has 1 atom stereocenters. The third kappa shape index (κ3) is 3.04. The van der Waals surface area contributed by atoms with Gasteiger partial charge in [-0.3, -0.25) is 4.79 Å². The Morgan fingerprint density at radius 1 is 1.56 bits per heavy atom. The summed E-state index contributed by atoms with van der Waals surface area (Å²) in [5, 5.41) is 2.04. The standard InChI is InChI=1S/C14H16OS/c1-4-6-7-12(5-2)11(3)13-8-14(9-15)16-10-13/h4-11H,1H2,2-3H3/b7-6-,12-5+. The molecule has 1 aromatic rings. The zero-order valence-electron chi connectivity index (χ0n) is 9.64. The minimum Gasteiger partial charge on any atom is -0.297 e. The van der Waals surface area contributed by atoms with Crippen LogP contribution < -0.4 is 0 Å². The van der Waals surface area contributed by atoms with Crippen LogP contribution in [-0.2, 0) is 0 Å². The van der Waals surface area contributed by atoms with Gasteiger partial charge in [0, 0.05) is 5.92 Å². The van der Waals surface area contributed by atoms with Gasteiger partial charge in [0.25, 0.3) is 0 Å². The molecule has 0 radical (unpaired) electrons. The third-order valence-corrected chi connectivity index (χ3v) is 3.39. The smallest absolute Gasteiger partial charge is 0.160 e. The number of aldehydes is 1. The monoisotopic (exact) mass is 232 g/mol. The van der Waals surface area contributed by atoms with Gasteiger partial charge < -0.3 is 0 Å². The van der Waals surface area contributed by atoms with Crippen molar-refractivity contribution in [2.45, 2.75) is 19.8 Å². The molecule has 1 nitrogen and oxygen atoms in total. The molecular weight excluding hydrogens is 216 g/mol. The topological polar surface area (TPSA) is 17.1 Å². The quantitative estimate of drug-likeness (QED) is 0.545. The molecule has 0 fully saturated rings. The summed E-state index contributed by atoms with van der Waals surface area (Å²) in [5.74, 6) is 0.311. The van der Waals surface area contributed by atoms with Gasteiger partial charge in [-0.2, -0.15) is 0 Å². The fraction of sp³-hybridized carbons (Fsp3) is 0.214. The molecule has 0 N–H and O–H groups in total. The van der Waals surface area contributed by atoms with Crippen molar-refractivity contribution < 1.29 is 4.79 Å². The first-order chi connectivity index (χ1) is 7.72. The van der Waals surface area contributed by atoms with Gasteiger partial charge in [-0.25, -0.2) is 0 Å². The maximum Gasteiger partial charge on any atom is 0.160 e. The fourth-order valence-electron chi connectivity index (χ4n) is 1.52. The molecule has 0 amide bonds. The van der Waals surface area contributed by atoms with Crippen LogP contribution in [0.5, 0.6) is 0 Å². The fourth-order valence-corrected chi connectivity index (χ4v) is 2.32. The van der Waals surface area contributed by atoms with E-state index in [1.807, 2.05) is 24.4 Å². The third-order valence-electron chi connectivity index (χ3n) is 2.51. The summed E-state index contributed by atoms with van der Waals surface area (Å²) in [4.78, 5) is 11.4. The molecule has 0 bridgehead atoms. The summed E-state index contributed by atoms with van der Waals surface area (Å²) in [7, 11) is 0. The molecule has 84 valence electrons. The molecule has 1 aromatic heterocycles. The predicted octanol–water partition coefficient (Wildman–Crippen LogP) is 4.35. The Kier molecular flexibility index (Phi) is 4.93. The molecule has 1 rings (SSSR count). The normalized spacial score (nSPS) is 14.0. The highest BCUT2D eigenvalue weighted by Gasteiger charge is 2.10.